The van der Waals surface area contributed by atoms with Gasteiger partial charge in [-0.05, 0) is 47.7 Å². The van der Waals surface area contributed by atoms with Gasteiger partial charge in [-0.15, -0.1) is 0 Å². The lowest BCUT2D eigenvalue weighted by molar-refractivity contribution is 0.566. The Morgan fingerprint density at radius 2 is 1.48 bits per heavy atom. The van der Waals surface area contributed by atoms with Gasteiger partial charge in [0.25, 0.3) is 0 Å². The maximum Gasteiger partial charge on any atom is 0.241 e. The summed E-state index contributed by atoms with van der Waals surface area (Å²) in [5.74, 6) is 0. The van der Waals surface area contributed by atoms with E-state index in [1.165, 1.54) is 5.56 Å². The lowest BCUT2D eigenvalue weighted by Gasteiger charge is -2.20. The highest BCUT2D eigenvalue weighted by Crippen LogP contribution is 2.24. The van der Waals surface area contributed by atoms with Crippen molar-refractivity contribution in [2.24, 2.45) is 0 Å². The molecule has 2 rings (SSSR count). The highest BCUT2D eigenvalue weighted by Gasteiger charge is 2.19. The number of nitrogens with one attached hydrogen (secondary N) is 1. The molecule has 2 aromatic rings. The number of halogens is 1. The van der Waals surface area contributed by atoms with Gasteiger partial charge in [-0.25, -0.2) is 13.1 Å². The van der Waals surface area contributed by atoms with Crippen LogP contribution in [0.4, 0.5) is 0 Å². The van der Waals surface area contributed by atoms with Crippen LogP contribution in [0.2, 0.25) is 0 Å². The Hall–Kier alpha value is -1.17. The maximum atomic E-state index is 12.4. The van der Waals surface area contributed by atoms with Crippen molar-refractivity contribution in [1.82, 2.24) is 4.72 Å². The van der Waals surface area contributed by atoms with E-state index in [0.717, 1.165) is 10.0 Å². The number of benzene rings is 2. The fourth-order valence-electron chi connectivity index (χ4n) is 2.25. The van der Waals surface area contributed by atoms with E-state index in [4.69, 9.17) is 0 Å². The second-order valence-electron chi connectivity index (χ2n) is 6.67. The summed E-state index contributed by atoms with van der Waals surface area (Å²) in [6.07, 6.45) is 0. The molecule has 0 bridgehead atoms. The van der Waals surface area contributed by atoms with Crippen LogP contribution in [-0.2, 0) is 15.4 Å². The summed E-state index contributed by atoms with van der Waals surface area (Å²) in [5, 5.41) is 0. The molecule has 3 nitrogen and oxygen atoms in total. The first-order valence-electron chi connectivity index (χ1n) is 7.48. The molecule has 0 amide bonds. The predicted molar refractivity (Wildman–Crippen MR) is 98.0 cm³/mol. The van der Waals surface area contributed by atoms with E-state index >= 15 is 0 Å². The largest absolute Gasteiger partial charge is 0.241 e. The minimum Gasteiger partial charge on any atom is -0.207 e. The predicted octanol–water partition coefficient (Wildman–Crippen LogP) is 4.79. The Balaban J connectivity index is 2.18. The molecule has 0 aliphatic carbocycles. The summed E-state index contributed by atoms with van der Waals surface area (Å²) in [6.45, 7) is 8.31. The van der Waals surface area contributed by atoms with E-state index in [-0.39, 0.29) is 16.4 Å². The number of sulfonamides is 1. The highest BCUT2D eigenvalue weighted by molar-refractivity contribution is 9.10. The van der Waals surface area contributed by atoms with Crippen LogP contribution < -0.4 is 4.72 Å². The molecule has 0 aliphatic rings. The summed E-state index contributed by atoms with van der Waals surface area (Å²) in [7, 11) is -3.53. The van der Waals surface area contributed by atoms with Crippen LogP contribution >= 0.6 is 15.9 Å². The Morgan fingerprint density at radius 1 is 0.957 bits per heavy atom. The quantitative estimate of drug-likeness (QED) is 0.808. The molecular weight excluding hydrogens is 374 g/mol. The zero-order valence-electron chi connectivity index (χ0n) is 13.8. The highest BCUT2D eigenvalue weighted by atomic mass is 79.9. The number of hydrogen-bond acceptors (Lipinski definition) is 2. The van der Waals surface area contributed by atoms with Crippen LogP contribution in [0.25, 0.3) is 0 Å². The van der Waals surface area contributed by atoms with Crippen LogP contribution in [0.15, 0.2) is 57.9 Å². The molecule has 23 heavy (non-hydrogen) atoms. The minimum atomic E-state index is -3.53. The van der Waals surface area contributed by atoms with Gasteiger partial charge >= 0.3 is 0 Å². The molecule has 1 atom stereocenters. The van der Waals surface area contributed by atoms with Crippen LogP contribution in [0.1, 0.15) is 44.9 Å². The molecule has 0 saturated heterocycles. The average molecular weight is 396 g/mol. The number of rotatable bonds is 4. The zero-order chi connectivity index (χ0) is 17.3. The van der Waals surface area contributed by atoms with Gasteiger partial charge in [0.05, 0.1) is 4.90 Å². The Kier molecular flexibility index (Phi) is 5.33. The lowest BCUT2D eigenvalue weighted by atomic mass is 9.86. The van der Waals surface area contributed by atoms with Gasteiger partial charge in [0.1, 0.15) is 0 Å². The van der Waals surface area contributed by atoms with Crippen molar-refractivity contribution in [1.29, 1.82) is 0 Å². The third-order valence-electron chi connectivity index (χ3n) is 3.73. The molecule has 5 heteroatoms. The van der Waals surface area contributed by atoms with E-state index in [1.54, 1.807) is 24.3 Å². The lowest BCUT2D eigenvalue weighted by Crippen LogP contribution is -2.27. The average Bonchev–Trinajstić information content (AvgIpc) is 2.46. The van der Waals surface area contributed by atoms with Gasteiger partial charge in [0.2, 0.25) is 10.0 Å². The van der Waals surface area contributed by atoms with Crippen LogP contribution in [0, 0.1) is 0 Å². The monoisotopic (exact) mass is 395 g/mol. The van der Waals surface area contributed by atoms with Crippen LogP contribution in [0.5, 0.6) is 0 Å². The molecule has 1 N–H and O–H groups in total. The summed E-state index contributed by atoms with van der Waals surface area (Å²) in [5.41, 5.74) is 2.25. The summed E-state index contributed by atoms with van der Waals surface area (Å²) < 4.78 is 28.4. The summed E-state index contributed by atoms with van der Waals surface area (Å²) in [4.78, 5) is 0.263. The molecule has 0 fully saturated rings. The van der Waals surface area contributed by atoms with Gasteiger partial charge in [0.15, 0.2) is 0 Å². The molecule has 0 saturated carbocycles. The van der Waals surface area contributed by atoms with E-state index in [1.807, 2.05) is 19.1 Å². The molecule has 124 valence electrons. The van der Waals surface area contributed by atoms with E-state index < -0.39 is 10.0 Å². The van der Waals surface area contributed by atoms with Gasteiger partial charge in [0, 0.05) is 10.5 Å². The topological polar surface area (TPSA) is 46.2 Å². The van der Waals surface area contributed by atoms with Crippen molar-refractivity contribution < 1.29 is 8.42 Å². The summed E-state index contributed by atoms with van der Waals surface area (Å²) in [6, 6.07) is 14.4. The normalized spacial score (nSPS) is 13.8. The second kappa shape index (κ2) is 6.75. The van der Waals surface area contributed by atoms with Crippen LogP contribution in [0.3, 0.4) is 0 Å². The first kappa shape index (κ1) is 18.2. The van der Waals surface area contributed by atoms with Crippen molar-refractivity contribution in [2.75, 3.05) is 0 Å². The molecule has 0 aromatic heterocycles. The zero-order valence-corrected chi connectivity index (χ0v) is 16.2. The smallest absolute Gasteiger partial charge is 0.207 e. The maximum absolute atomic E-state index is 12.4. The van der Waals surface area contributed by atoms with E-state index in [9.17, 15) is 8.42 Å². The van der Waals surface area contributed by atoms with Crippen molar-refractivity contribution in [3.8, 4) is 0 Å². The van der Waals surface area contributed by atoms with Crippen molar-refractivity contribution in [2.45, 2.75) is 44.0 Å². The Labute approximate surface area is 147 Å². The molecule has 0 unspecified atom stereocenters. The standard InChI is InChI=1S/C18H22BrNO2S/c1-13(14-5-7-15(8-6-14)18(2,3)4)20-23(21,22)17-11-9-16(19)10-12-17/h5-13,20H,1-4H3/t13-/m0/s1. The van der Waals surface area contributed by atoms with Crippen molar-refractivity contribution >= 4 is 26.0 Å². The van der Waals surface area contributed by atoms with Gasteiger partial charge in [-0.1, -0.05) is 61.0 Å². The van der Waals surface area contributed by atoms with Gasteiger partial charge < -0.3 is 0 Å². The minimum absolute atomic E-state index is 0.0820. The fourth-order valence-corrected chi connectivity index (χ4v) is 3.75. The second-order valence-corrected chi connectivity index (χ2v) is 9.30. The van der Waals surface area contributed by atoms with Crippen molar-refractivity contribution in [3.05, 3.63) is 64.1 Å². The molecule has 0 radical (unpaired) electrons. The Bertz CT molecular complexity index is 760. The molecule has 0 aliphatic heterocycles. The Morgan fingerprint density at radius 3 is 1.96 bits per heavy atom. The fraction of sp³-hybridized carbons (Fsp3) is 0.333. The number of hydrogen-bond donors (Lipinski definition) is 1. The van der Waals surface area contributed by atoms with E-state index in [2.05, 4.69) is 53.6 Å². The molecule has 0 heterocycles. The van der Waals surface area contributed by atoms with Crippen LogP contribution in [-0.4, -0.2) is 8.42 Å². The van der Waals surface area contributed by atoms with Crippen molar-refractivity contribution in [3.63, 3.8) is 0 Å². The van der Waals surface area contributed by atoms with E-state index in [0.29, 0.717) is 0 Å². The van der Waals surface area contributed by atoms with Gasteiger partial charge in [-0.3, -0.25) is 0 Å². The SMILES string of the molecule is C[C@H](NS(=O)(=O)c1ccc(Br)cc1)c1ccc(C(C)(C)C)cc1. The third-order valence-corrected chi connectivity index (χ3v) is 5.82. The first-order chi connectivity index (χ1) is 10.6. The molecular formula is C18H22BrNO2S. The third kappa shape index (κ3) is 4.66. The van der Waals surface area contributed by atoms with Gasteiger partial charge in [-0.2, -0.15) is 0 Å². The summed E-state index contributed by atoms with van der Waals surface area (Å²) >= 11 is 3.31. The molecule has 0 spiro atoms. The molecule has 2 aromatic carbocycles. The first-order valence-corrected chi connectivity index (χ1v) is 9.75.